The normalized spacial score (nSPS) is 10.0. The molecule has 0 saturated heterocycles. The van der Waals surface area contributed by atoms with Crippen LogP contribution in [0.5, 0.6) is 0 Å². The minimum Gasteiger partial charge on any atom is -0.399 e. The Hall–Kier alpha value is -1.99. The van der Waals surface area contributed by atoms with E-state index in [0.717, 1.165) is 0 Å². The highest BCUT2D eigenvalue weighted by Gasteiger charge is 2.08. The van der Waals surface area contributed by atoms with E-state index in [2.05, 4.69) is 0 Å². The molecule has 0 heterocycles. The predicted molar refractivity (Wildman–Crippen MR) is 37.2 cm³/mol. The van der Waals surface area contributed by atoms with Crippen LogP contribution in [0.25, 0.3) is 0 Å². The minimum atomic E-state index is -0.579. The van der Waals surface area contributed by atoms with Gasteiger partial charge in [-0.3, -0.25) is 0 Å². The van der Waals surface area contributed by atoms with Crippen molar-refractivity contribution < 1.29 is 0 Å². The summed E-state index contributed by atoms with van der Waals surface area (Å²) in [5, 5.41) is 25.0. The van der Waals surface area contributed by atoms with E-state index in [9.17, 15) is 0 Å². The van der Waals surface area contributed by atoms with Crippen LogP contribution in [-0.2, 0) is 0 Å². The molecule has 0 amide bonds. The fourth-order valence-electron chi connectivity index (χ4n) is 0.440. The Labute approximate surface area is 64.8 Å². The molecule has 0 aromatic carbocycles. The zero-order valence-corrected chi connectivity index (χ0v) is 6.00. The molecule has 0 bridgehead atoms. The van der Waals surface area contributed by atoms with Crippen molar-refractivity contribution in [3.05, 3.63) is 11.3 Å². The molecule has 0 saturated carbocycles. The van der Waals surface area contributed by atoms with E-state index in [0.29, 0.717) is 0 Å². The maximum Gasteiger partial charge on any atom is 0.149 e. The monoisotopic (exact) mass is 146 g/mol. The van der Waals surface area contributed by atoms with E-state index in [4.69, 9.17) is 21.5 Å². The molecule has 0 aliphatic heterocycles. The first-order chi connectivity index (χ1) is 5.17. The second kappa shape index (κ2) is 3.93. The fourth-order valence-corrected chi connectivity index (χ4v) is 0.440. The standard InChI is InChI=1S/C7H6N4/c1-5(2-8)7(11)6(3-9)4-10/h5H,11H2,1H3. The first kappa shape index (κ1) is 9.01. The molecule has 0 aliphatic carbocycles. The third-order valence-corrected chi connectivity index (χ3v) is 1.17. The number of hydrogen-bond acceptors (Lipinski definition) is 4. The molecule has 4 heteroatoms. The maximum absolute atomic E-state index is 8.36. The molecule has 1 unspecified atom stereocenters. The van der Waals surface area contributed by atoms with Crippen LogP contribution in [-0.4, -0.2) is 0 Å². The summed E-state index contributed by atoms with van der Waals surface area (Å²) in [6, 6.07) is 5.05. The Morgan fingerprint density at radius 3 is 2.00 bits per heavy atom. The zero-order valence-electron chi connectivity index (χ0n) is 6.00. The Balaban J connectivity index is 4.87. The van der Waals surface area contributed by atoms with Crippen LogP contribution < -0.4 is 5.73 Å². The Morgan fingerprint density at radius 1 is 1.27 bits per heavy atom. The second-order valence-electron chi connectivity index (χ2n) is 1.90. The summed E-state index contributed by atoms with van der Waals surface area (Å²) in [5.74, 6) is -0.579. The minimum absolute atomic E-state index is 0.0394. The number of nitrogens with two attached hydrogens (primary N) is 1. The third-order valence-electron chi connectivity index (χ3n) is 1.17. The van der Waals surface area contributed by atoms with Gasteiger partial charge in [-0.05, 0) is 6.92 Å². The molecule has 4 nitrogen and oxygen atoms in total. The second-order valence-corrected chi connectivity index (χ2v) is 1.90. The van der Waals surface area contributed by atoms with Crippen LogP contribution >= 0.6 is 0 Å². The highest BCUT2D eigenvalue weighted by Crippen LogP contribution is 2.06. The van der Waals surface area contributed by atoms with Gasteiger partial charge in [0.1, 0.15) is 17.7 Å². The van der Waals surface area contributed by atoms with Gasteiger partial charge in [-0.25, -0.2) is 0 Å². The van der Waals surface area contributed by atoms with Crippen LogP contribution in [0.1, 0.15) is 6.92 Å². The number of allylic oxidation sites excluding steroid dienone is 2. The molecule has 0 rings (SSSR count). The van der Waals surface area contributed by atoms with Gasteiger partial charge >= 0.3 is 0 Å². The topological polar surface area (TPSA) is 97.4 Å². The molecule has 0 aromatic rings. The first-order valence-electron chi connectivity index (χ1n) is 2.86. The summed E-state index contributed by atoms with van der Waals surface area (Å²) in [6.45, 7) is 1.53. The van der Waals surface area contributed by atoms with Crippen LogP contribution in [0.2, 0.25) is 0 Å². The first-order valence-corrected chi connectivity index (χ1v) is 2.86. The molecule has 0 radical (unpaired) electrons. The Bertz CT molecular complexity index is 278. The van der Waals surface area contributed by atoms with Crippen molar-refractivity contribution in [2.75, 3.05) is 0 Å². The largest absolute Gasteiger partial charge is 0.399 e. The average Bonchev–Trinajstić information content (AvgIpc) is 2.05. The lowest BCUT2D eigenvalue weighted by Crippen LogP contribution is -2.09. The fraction of sp³-hybridized carbons (Fsp3) is 0.286. The van der Waals surface area contributed by atoms with Crippen molar-refractivity contribution in [3.8, 4) is 18.2 Å². The number of hydrogen-bond donors (Lipinski definition) is 1. The third kappa shape index (κ3) is 2.01. The van der Waals surface area contributed by atoms with Gasteiger partial charge in [0.15, 0.2) is 0 Å². The number of nitrogens with zero attached hydrogens (tertiary/aromatic N) is 3. The molecule has 2 N–H and O–H groups in total. The van der Waals surface area contributed by atoms with Gasteiger partial charge in [0.05, 0.1) is 17.7 Å². The summed E-state index contributed by atoms with van der Waals surface area (Å²) in [4.78, 5) is 0. The van der Waals surface area contributed by atoms with Crippen molar-refractivity contribution >= 4 is 0 Å². The number of nitriles is 3. The van der Waals surface area contributed by atoms with Crippen molar-refractivity contribution in [3.63, 3.8) is 0 Å². The van der Waals surface area contributed by atoms with Crippen molar-refractivity contribution in [1.82, 2.24) is 0 Å². The molecule has 54 valence electrons. The van der Waals surface area contributed by atoms with Gasteiger partial charge < -0.3 is 5.73 Å². The molecule has 11 heavy (non-hydrogen) atoms. The Kier molecular flexibility index (Phi) is 3.22. The zero-order chi connectivity index (χ0) is 8.85. The van der Waals surface area contributed by atoms with Gasteiger partial charge in [0, 0.05) is 0 Å². The lowest BCUT2D eigenvalue weighted by molar-refractivity contribution is 0.856. The predicted octanol–water partition coefficient (Wildman–Crippen LogP) is 0.406. The lowest BCUT2D eigenvalue weighted by atomic mass is 10.1. The maximum atomic E-state index is 8.36. The van der Waals surface area contributed by atoms with Gasteiger partial charge in [0.25, 0.3) is 0 Å². The van der Waals surface area contributed by atoms with Crippen molar-refractivity contribution in [2.24, 2.45) is 11.7 Å². The lowest BCUT2D eigenvalue weighted by Gasteiger charge is -1.99. The Morgan fingerprint density at radius 2 is 1.73 bits per heavy atom. The van der Waals surface area contributed by atoms with Crippen LogP contribution in [0.4, 0.5) is 0 Å². The van der Waals surface area contributed by atoms with E-state index in [1.807, 2.05) is 6.07 Å². The highest BCUT2D eigenvalue weighted by atomic mass is 14.6. The molecule has 0 aromatic heterocycles. The van der Waals surface area contributed by atoms with Crippen LogP contribution in [0, 0.1) is 39.9 Å². The van der Waals surface area contributed by atoms with E-state index in [1.165, 1.54) is 6.92 Å². The van der Waals surface area contributed by atoms with Crippen LogP contribution in [0.15, 0.2) is 11.3 Å². The SMILES string of the molecule is CC(C#N)C(N)=C(C#N)C#N. The quantitative estimate of drug-likeness (QED) is 0.541. The number of rotatable bonds is 1. The van der Waals surface area contributed by atoms with E-state index in [1.54, 1.807) is 12.1 Å². The molecule has 0 aliphatic rings. The summed E-state index contributed by atoms with van der Waals surface area (Å²) in [6.07, 6.45) is 0. The molecular weight excluding hydrogens is 140 g/mol. The van der Waals surface area contributed by atoms with Crippen LogP contribution in [0.3, 0.4) is 0 Å². The summed E-state index contributed by atoms with van der Waals surface area (Å²) in [5.41, 5.74) is 5.16. The van der Waals surface area contributed by atoms with Crippen molar-refractivity contribution in [1.29, 1.82) is 15.8 Å². The van der Waals surface area contributed by atoms with Gasteiger partial charge in [0.2, 0.25) is 0 Å². The van der Waals surface area contributed by atoms with Gasteiger partial charge in [-0.2, -0.15) is 15.8 Å². The molecule has 1 atom stereocenters. The van der Waals surface area contributed by atoms with E-state index >= 15 is 0 Å². The van der Waals surface area contributed by atoms with Crippen molar-refractivity contribution in [2.45, 2.75) is 6.92 Å². The average molecular weight is 146 g/mol. The van der Waals surface area contributed by atoms with Gasteiger partial charge in [-0.1, -0.05) is 0 Å². The summed E-state index contributed by atoms with van der Waals surface area (Å²) < 4.78 is 0. The van der Waals surface area contributed by atoms with E-state index < -0.39 is 5.92 Å². The smallest absolute Gasteiger partial charge is 0.149 e. The highest BCUT2D eigenvalue weighted by molar-refractivity contribution is 5.40. The molecule has 0 fully saturated rings. The van der Waals surface area contributed by atoms with E-state index in [-0.39, 0.29) is 11.3 Å². The summed E-state index contributed by atoms with van der Waals surface area (Å²) >= 11 is 0. The molecular formula is C7H6N4. The van der Waals surface area contributed by atoms with Gasteiger partial charge in [-0.15, -0.1) is 0 Å². The molecule has 0 spiro atoms. The summed E-state index contributed by atoms with van der Waals surface area (Å²) in [7, 11) is 0.